The monoisotopic (exact) mass is 404 g/mol. The van der Waals surface area contributed by atoms with Crippen LogP contribution in [0.4, 0.5) is 11.4 Å². The number of rotatable bonds is 6. The minimum atomic E-state index is -0.780. The van der Waals surface area contributed by atoms with Crippen molar-refractivity contribution in [2.24, 2.45) is 17.3 Å². The molecule has 9 nitrogen and oxygen atoms in total. The van der Waals surface area contributed by atoms with E-state index < -0.39 is 34.4 Å². The van der Waals surface area contributed by atoms with Gasteiger partial charge in [-0.1, -0.05) is 0 Å². The van der Waals surface area contributed by atoms with E-state index in [4.69, 9.17) is 9.47 Å². The SMILES string of the molecule is COc1cc([N+](=O)[O-])ccc1NC(=O)COC(=O)C12C[C@@H]3C[C@@H](CC(O)(C3)C1)C2. The van der Waals surface area contributed by atoms with Gasteiger partial charge in [-0.2, -0.15) is 0 Å². The van der Waals surface area contributed by atoms with E-state index in [1.54, 1.807) is 0 Å². The summed E-state index contributed by atoms with van der Waals surface area (Å²) in [6, 6.07) is 3.82. The van der Waals surface area contributed by atoms with E-state index in [0.717, 1.165) is 19.3 Å². The number of benzene rings is 1. The molecule has 4 atom stereocenters. The number of aliphatic hydroxyl groups is 1. The molecule has 2 unspecified atom stereocenters. The minimum Gasteiger partial charge on any atom is -0.494 e. The summed E-state index contributed by atoms with van der Waals surface area (Å²) in [6.07, 6.45) is 4.38. The molecule has 2 N–H and O–H groups in total. The van der Waals surface area contributed by atoms with Crippen molar-refractivity contribution in [2.45, 2.75) is 44.1 Å². The molecule has 4 saturated carbocycles. The molecule has 0 spiro atoms. The van der Waals surface area contributed by atoms with Gasteiger partial charge < -0.3 is 19.9 Å². The quantitative estimate of drug-likeness (QED) is 0.423. The van der Waals surface area contributed by atoms with Crippen LogP contribution in [-0.2, 0) is 14.3 Å². The Bertz CT molecular complexity index is 854. The third kappa shape index (κ3) is 3.66. The normalized spacial score (nSPS) is 31.9. The van der Waals surface area contributed by atoms with E-state index in [1.165, 1.54) is 25.3 Å². The number of methoxy groups -OCH3 is 1. The van der Waals surface area contributed by atoms with E-state index in [2.05, 4.69) is 5.32 Å². The molecule has 1 amide bonds. The number of nitro groups is 1. The Morgan fingerprint density at radius 2 is 1.97 bits per heavy atom. The van der Waals surface area contributed by atoms with Gasteiger partial charge in [0.25, 0.3) is 11.6 Å². The Hall–Kier alpha value is -2.68. The first-order valence-electron chi connectivity index (χ1n) is 9.74. The van der Waals surface area contributed by atoms with Crippen molar-refractivity contribution in [1.29, 1.82) is 0 Å². The highest BCUT2D eigenvalue weighted by atomic mass is 16.6. The minimum absolute atomic E-state index is 0.141. The van der Waals surface area contributed by atoms with E-state index >= 15 is 0 Å². The first kappa shape index (κ1) is 19.6. The Morgan fingerprint density at radius 1 is 1.28 bits per heavy atom. The van der Waals surface area contributed by atoms with Gasteiger partial charge in [-0.15, -0.1) is 0 Å². The van der Waals surface area contributed by atoms with Gasteiger partial charge in [0.1, 0.15) is 5.75 Å². The fourth-order valence-corrected chi connectivity index (χ4v) is 5.82. The van der Waals surface area contributed by atoms with Gasteiger partial charge in [0.15, 0.2) is 6.61 Å². The van der Waals surface area contributed by atoms with Crippen molar-refractivity contribution in [3.05, 3.63) is 28.3 Å². The highest BCUT2D eigenvalue weighted by Gasteiger charge is 2.60. The molecule has 0 saturated heterocycles. The molecular weight excluding hydrogens is 380 g/mol. The van der Waals surface area contributed by atoms with Gasteiger partial charge in [0.2, 0.25) is 0 Å². The van der Waals surface area contributed by atoms with Crippen molar-refractivity contribution >= 4 is 23.3 Å². The molecule has 1 aromatic carbocycles. The lowest BCUT2D eigenvalue weighted by atomic mass is 9.48. The van der Waals surface area contributed by atoms with Crippen LogP contribution in [0.1, 0.15) is 38.5 Å². The summed E-state index contributed by atoms with van der Waals surface area (Å²) in [6.45, 7) is -0.464. The van der Waals surface area contributed by atoms with Crippen LogP contribution < -0.4 is 10.1 Å². The zero-order chi connectivity index (χ0) is 20.8. The Kier molecular flexibility index (Phi) is 4.72. The third-order valence-corrected chi connectivity index (χ3v) is 6.47. The van der Waals surface area contributed by atoms with E-state index in [0.29, 0.717) is 31.1 Å². The Morgan fingerprint density at radius 3 is 2.55 bits per heavy atom. The smallest absolute Gasteiger partial charge is 0.312 e. The summed E-state index contributed by atoms with van der Waals surface area (Å²) < 4.78 is 10.4. The lowest BCUT2D eigenvalue weighted by molar-refractivity contribution is -0.384. The number of anilines is 1. The maximum absolute atomic E-state index is 12.8. The second-order valence-electron chi connectivity index (χ2n) is 8.73. The zero-order valence-electron chi connectivity index (χ0n) is 16.2. The fourth-order valence-electron chi connectivity index (χ4n) is 5.82. The second-order valence-corrected chi connectivity index (χ2v) is 8.73. The summed E-state index contributed by atoms with van der Waals surface area (Å²) in [4.78, 5) is 35.4. The summed E-state index contributed by atoms with van der Waals surface area (Å²) in [7, 11) is 1.34. The maximum Gasteiger partial charge on any atom is 0.312 e. The lowest BCUT2D eigenvalue weighted by Gasteiger charge is -2.58. The molecule has 29 heavy (non-hydrogen) atoms. The number of nitrogens with zero attached hydrogens (tertiary/aromatic N) is 1. The van der Waals surface area contributed by atoms with Gasteiger partial charge >= 0.3 is 5.97 Å². The molecule has 0 heterocycles. The molecule has 156 valence electrons. The second kappa shape index (κ2) is 6.98. The number of amides is 1. The van der Waals surface area contributed by atoms with Gasteiger partial charge in [-0.25, -0.2) is 0 Å². The predicted octanol–water partition coefficient (Wildman–Crippen LogP) is 2.42. The van der Waals surface area contributed by atoms with Crippen LogP contribution in [0.25, 0.3) is 0 Å². The van der Waals surface area contributed by atoms with Crippen molar-refractivity contribution in [2.75, 3.05) is 19.0 Å². The standard InChI is InChI=1S/C20H24N2O7/c1-28-16-5-14(22(26)27)2-3-15(16)21-17(23)10-29-18(24)19-6-12-4-13(7-19)9-20(25,8-12)11-19/h2-3,5,12-13,25H,4,6-11H2,1H3,(H,21,23)/t12-,13+,19?,20?. The first-order valence-corrected chi connectivity index (χ1v) is 9.74. The molecule has 1 aromatic rings. The molecule has 9 heteroatoms. The number of hydrogen-bond acceptors (Lipinski definition) is 7. The number of nitrogens with one attached hydrogen (secondary N) is 1. The molecule has 5 rings (SSSR count). The summed E-state index contributed by atoms with van der Waals surface area (Å²) >= 11 is 0. The van der Waals surface area contributed by atoms with Crippen molar-refractivity contribution in [1.82, 2.24) is 0 Å². The summed E-state index contributed by atoms with van der Waals surface area (Å²) in [5.74, 6) is -0.161. The van der Waals surface area contributed by atoms with Crippen LogP contribution in [-0.4, -0.2) is 41.2 Å². The number of esters is 1. The van der Waals surface area contributed by atoms with Crippen molar-refractivity contribution in [3.8, 4) is 5.75 Å². The molecule has 4 aliphatic carbocycles. The first-order chi connectivity index (χ1) is 13.7. The average Bonchev–Trinajstić information content (AvgIpc) is 2.64. The van der Waals surface area contributed by atoms with Crippen LogP contribution in [0.5, 0.6) is 5.75 Å². The van der Waals surface area contributed by atoms with Crippen molar-refractivity contribution in [3.63, 3.8) is 0 Å². The number of carbonyl (C=O) groups is 2. The van der Waals surface area contributed by atoms with Crippen LogP contribution in [0, 0.1) is 27.4 Å². The number of non-ortho nitro benzene ring substituents is 1. The largest absolute Gasteiger partial charge is 0.494 e. The number of hydrogen-bond donors (Lipinski definition) is 2. The molecular formula is C20H24N2O7. The van der Waals surface area contributed by atoms with Gasteiger partial charge in [0.05, 0.1) is 34.8 Å². The maximum atomic E-state index is 12.8. The average molecular weight is 404 g/mol. The van der Waals surface area contributed by atoms with Crippen LogP contribution in [0.15, 0.2) is 18.2 Å². The van der Waals surface area contributed by atoms with E-state index in [9.17, 15) is 24.8 Å². The van der Waals surface area contributed by atoms with Gasteiger partial charge in [0, 0.05) is 6.07 Å². The molecule has 0 aliphatic heterocycles. The Balaban J connectivity index is 1.38. The number of nitro benzene ring substituents is 1. The third-order valence-electron chi connectivity index (χ3n) is 6.47. The molecule has 4 aliphatic rings. The van der Waals surface area contributed by atoms with E-state index in [-0.39, 0.29) is 17.1 Å². The zero-order valence-corrected chi connectivity index (χ0v) is 16.2. The summed E-state index contributed by atoms with van der Waals surface area (Å²) in [5, 5.41) is 24.2. The van der Waals surface area contributed by atoms with Crippen LogP contribution in [0.3, 0.4) is 0 Å². The Labute approximate surface area is 167 Å². The molecule has 4 bridgehead atoms. The highest BCUT2D eigenvalue weighted by Crippen LogP contribution is 2.61. The fraction of sp³-hybridized carbons (Fsp3) is 0.600. The lowest BCUT2D eigenvalue weighted by Crippen LogP contribution is -2.58. The molecule has 0 radical (unpaired) electrons. The topological polar surface area (TPSA) is 128 Å². The molecule has 0 aromatic heterocycles. The predicted molar refractivity (Wildman–Crippen MR) is 101 cm³/mol. The van der Waals surface area contributed by atoms with Crippen molar-refractivity contribution < 1.29 is 29.1 Å². The molecule has 4 fully saturated rings. The summed E-state index contributed by atoms with van der Waals surface area (Å²) in [5.41, 5.74) is -1.38. The van der Waals surface area contributed by atoms with Gasteiger partial charge in [-0.05, 0) is 56.4 Å². The van der Waals surface area contributed by atoms with Crippen LogP contribution in [0.2, 0.25) is 0 Å². The number of carbonyl (C=O) groups excluding carboxylic acids is 2. The number of ether oxygens (including phenoxy) is 2. The van der Waals surface area contributed by atoms with Gasteiger partial charge in [-0.3, -0.25) is 19.7 Å². The highest BCUT2D eigenvalue weighted by molar-refractivity contribution is 5.94. The van der Waals surface area contributed by atoms with E-state index in [1.807, 2.05) is 0 Å². The van der Waals surface area contributed by atoms with Crippen LogP contribution >= 0.6 is 0 Å².